The Morgan fingerprint density at radius 1 is 1.30 bits per heavy atom. The molecule has 2 rings (SSSR count). The van der Waals surface area contributed by atoms with E-state index in [1.807, 2.05) is 25.1 Å². The molecule has 2 aromatic rings. The lowest BCUT2D eigenvalue weighted by molar-refractivity contribution is -0.384. The maximum atomic E-state index is 11.9. The first-order valence-corrected chi connectivity index (χ1v) is 8.02. The predicted molar refractivity (Wildman–Crippen MR) is 90.7 cm³/mol. The maximum absolute atomic E-state index is 11.9. The fraction of sp³-hybridized carbons (Fsp3) is 0.188. The molecule has 0 saturated carbocycles. The molecule has 120 valence electrons. The van der Waals surface area contributed by atoms with Crippen molar-refractivity contribution in [1.29, 1.82) is 0 Å². The van der Waals surface area contributed by atoms with E-state index in [9.17, 15) is 20.0 Å². The van der Waals surface area contributed by atoms with E-state index in [1.54, 1.807) is 0 Å². The predicted octanol–water partition coefficient (Wildman–Crippen LogP) is 3.48. The van der Waals surface area contributed by atoms with Crippen molar-refractivity contribution in [3.05, 3.63) is 63.7 Å². The first-order chi connectivity index (χ1) is 11.0. The van der Waals surface area contributed by atoms with E-state index in [-0.39, 0.29) is 28.8 Å². The van der Waals surface area contributed by atoms with Gasteiger partial charge in [0.15, 0.2) is 0 Å². The number of nitro groups is 1. The average molecular weight is 332 g/mol. The molecule has 2 aromatic carbocycles. The van der Waals surface area contributed by atoms with Gasteiger partial charge in [-0.3, -0.25) is 14.9 Å². The number of carbonyl (C=O) groups excluding carboxylic acids is 1. The molecule has 0 radical (unpaired) electrons. The highest BCUT2D eigenvalue weighted by Gasteiger charge is 2.12. The molecular formula is C16H16N2O4S. The smallest absolute Gasteiger partial charge is 0.273 e. The van der Waals surface area contributed by atoms with Gasteiger partial charge in [0.25, 0.3) is 5.69 Å². The van der Waals surface area contributed by atoms with Crippen molar-refractivity contribution in [3.63, 3.8) is 0 Å². The fourth-order valence-electron chi connectivity index (χ4n) is 1.99. The van der Waals surface area contributed by atoms with Crippen LogP contribution in [0.1, 0.15) is 11.1 Å². The van der Waals surface area contributed by atoms with Crippen molar-refractivity contribution in [2.24, 2.45) is 0 Å². The number of non-ortho nitro benzene ring substituents is 1. The molecule has 1 amide bonds. The Morgan fingerprint density at radius 2 is 2.09 bits per heavy atom. The van der Waals surface area contributed by atoms with Crippen LogP contribution in [0.15, 0.2) is 42.5 Å². The highest BCUT2D eigenvalue weighted by molar-refractivity contribution is 7.99. The Labute approximate surface area is 137 Å². The summed E-state index contributed by atoms with van der Waals surface area (Å²) in [7, 11) is 0. The molecule has 6 nitrogen and oxygen atoms in total. The van der Waals surface area contributed by atoms with Crippen LogP contribution in [0.4, 0.5) is 11.4 Å². The van der Waals surface area contributed by atoms with Gasteiger partial charge in [-0.25, -0.2) is 0 Å². The van der Waals surface area contributed by atoms with Gasteiger partial charge in [0.1, 0.15) is 5.75 Å². The third-order valence-corrected chi connectivity index (χ3v) is 4.05. The second-order valence-electron chi connectivity index (χ2n) is 4.99. The van der Waals surface area contributed by atoms with Crippen molar-refractivity contribution in [1.82, 2.24) is 0 Å². The van der Waals surface area contributed by atoms with Gasteiger partial charge in [0.2, 0.25) is 5.91 Å². The molecule has 0 saturated heterocycles. The number of nitrogens with zero attached hydrogens (tertiary/aromatic N) is 1. The number of aryl methyl sites for hydroxylation is 1. The maximum Gasteiger partial charge on any atom is 0.273 e. The third kappa shape index (κ3) is 5.00. The van der Waals surface area contributed by atoms with Crippen molar-refractivity contribution in [2.45, 2.75) is 12.7 Å². The van der Waals surface area contributed by atoms with Gasteiger partial charge in [-0.15, -0.1) is 11.8 Å². The highest BCUT2D eigenvalue weighted by Crippen LogP contribution is 2.28. The van der Waals surface area contributed by atoms with E-state index in [1.165, 1.54) is 29.5 Å². The van der Waals surface area contributed by atoms with Crippen LogP contribution in [0.2, 0.25) is 0 Å². The summed E-state index contributed by atoms with van der Waals surface area (Å²) in [6, 6.07) is 11.6. The molecule has 0 aliphatic carbocycles. The van der Waals surface area contributed by atoms with Crippen LogP contribution >= 0.6 is 11.8 Å². The standard InChI is InChI=1S/C16H16N2O4S/c1-11-3-2-4-12(7-11)9-23-10-16(20)17-14-6-5-13(18(21)22)8-15(14)19/h2-8,19H,9-10H2,1H3,(H,17,20). The summed E-state index contributed by atoms with van der Waals surface area (Å²) in [5, 5.41) is 22.8. The second kappa shape index (κ2) is 7.64. The molecule has 23 heavy (non-hydrogen) atoms. The summed E-state index contributed by atoms with van der Waals surface area (Å²) in [6.07, 6.45) is 0. The van der Waals surface area contributed by atoms with Gasteiger partial charge in [-0.2, -0.15) is 0 Å². The molecule has 0 unspecified atom stereocenters. The van der Waals surface area contributed by atoms with Gasteiger partial charge in [-0.1, -0.05) is 29.8 Å². The van der Waals surface area contributed by atoms with Crippen LogP contribution in [-0.4, -0.2) is 21.7 Å². The molecule has 0 heterocycles. The summed E-state index contributed by atoms with van der Waals surface area (Å²) in [5.41, 5.74) is 2.25. The summed E-state index contributed by atoms with van der Waals surface area (Å²) < 4.78 is 0. The van der Waals surface area contributed by atoms with Gasteiger partial charge in [0, 0.05) is 11.8 Å². The summed E-state index contributed by atoms with van der Waals surface area (Å²) in [4.78, 5) is 21.8. The van der Waals surface area contributed by atoms with Crippen molar-refractivity contribution in [2.75, 3.05) is 11.1 Å². The van der Waals surface area contributed by atoms with Crippen LogP contribution in [0.25, 0.3) is 0 Å². The van der Waals surface area contributed by atoms with E-state index >= 15 is 0 Å². The number of phenols is 1. The number of nitrogens with one attached hydrogen (secondary N) is 1. The number of amides is 1. The summed E-state index contributed by atoms with van der Waals surface area (Å²) in [6.45, 7) is 2.01. The fourth-order valence-corrected chi connectivity index (χ4v) is 2.76. The number of carbonyl (C=O) groups is 1. The second-order valence-corrected chi connectivity index (χ2v) is 5.97. The number of anilines is 1. The minimum Gasteiger partial charge on any atom is -0.506 e. The number of hydrogen-bond acceptors (Lipinski definition) is 5. The molecule has 0 atom stereocenters. The molecule has 0 fully saturated rings. The lowest BCUT2D eigenvalue weighted by atomic mass is 10.2. The van der Waals surface area contributed by atoms with Crippen LogP contribution in [0.3, 0.4) is 0 Å². The zero-order valence-corrected chi connectivity index (χ0v) is 13.3. The first-order valence-electron chi connectivity index (χ1n) is 6.86. The van der Waals surface area contributed by atoms with Crippen LogP contribution in [0.5, 0.6) is 5.75 Å². The van der Waals surface area contributed by atoms with E-state index in [0.29, 0.717) is 5.75 Å². The van der Waals surface area contributed by atoms with Gasteiger partial charge < -0.3 is 10.4 Å². The summed E-state index contributed by atoms with van der Waals surface area (Å²) in [5.74, 6) is 0.342. The van der Waals surface area contributed by atoms with Crippen molar-refractivity contribution >= 4 is 29.0 Å². The molecule has 2 N–H and O–H groups in total. The third-order valence-electron chi connectivity index (χ3n) is 3.05. The highest BCUT2D eigenvalue weighted by atomic mass is 32.2. The van der Waals surface area contributed by atoms with E-state index in [0.717, 1.165) is 11.6 Å². The Morgan fingerprint density at radius 3 is 2.74 bits per heavy atom. The van der Waals surface area contributed by atoms with Crippen LogP contribution in [-0.2, 0) is 10.5 Å². The largest absolute Gasteiger partial charge is 0.506 e. The molecular weight excluding hydrogens is 316 g/mol. The molecule has 7 heteroatoms. The number of benzene rings is 2. The van der Waals surface area contributed by atoms with E-state index < -0.39 is 4.92 Å². The van der Waals surface area contributed by atoms with E-state index in [4.69, 9.17) is 0 Å². The number of aromatic hydroxyl groups is 1. The van der Waals surface area contributed by atoms with Gasteiger partial charge >= 0.3 is 0 Å². The molecule has 0 aliphatic heterocycles. The lowest BCUT2D eigenvalue weighted by Crippen LogP contribution is -2.14. The monoisotopic (exact) mass is 332 g/mol. The minimum absolute atomic E-state index is 0.164. The zero-order chi connectivity index (χ0) is 16.8. The Kier molecular flexibility index (Phi) is 5.59. The minimum atomic E-state index is -0.608. The normalized spacial score (nSPS) is 10.3. The summed E-state index contributed by atoms with van der Waals surface area (Å²) >= 11 is 1.45. The quantitative estimate of drug-likeness (QED) is 0.480. The zero-order valence-electron chi connectivity index (χ0n) is 12.5. The Balaban J connectivity index is 1.86. The molecule has 0 aromatic heterocycles. The molecule has 0 bridgehead atoms. The van der Waals surface area contributed by atoms with Crippen molar-refractivity contribution < 1.29 is 14.8 Å². The molecule has 0 aliphatic rings. The van der Waals surface area contributed by atoms with Gasteiger partial charge in [0.05, 0.1) is 22.4 Å². The number of phenolic OH excluding ortho intramolecular Hbond substituents is 1. The number of nitro benzene ring substituents is 1. The van der Waals surface area contributed by atoms with Crippen molar-refractivity contribution in [3.8, 4) is 5.75 Å². The van der Waals surface area contributed by atoms with Crippen LogP contribution in [0, 0.1) is 17.0 Å². The average Bonchev–Trinajstić information content (AvgIpc) is 2.49. The lowest BCUT2D eigenvalue weighted by Gasteiger charge is -2.07. The molecule has 0 spiro atoms. The topological polar surface area (TPSA) is 92.5 Å². The first kappa shape index (κ1) is 16.8. The number of rotatable bonds is 6. The Hall–Kier alpha value is -2.54. The number of hydrogen-bond donors (Lipinski definition) is 2. The van der Waals surface area contributed by atoms with E-state index in [2.05, 4.69) is 11.4 Å². The number of thioether (sulfide) groups is 1. The SMILES string of the molecule is Cc1cccc(CSCC(=O)Nc2ccc([N+](=O)[O-])cc2O)c1. The van der Waals surface area contributed by atoms with Gasteiger partial charge in [-0.05, 0) is 18.6 Å². The Bertz CT molecular complexity index is 734. The van der Waals surface area contributed by atoms with Crippen LogP contribution < -0.4 is 5.32 Å².